The summed E-state index contributed by atoms with van der Waals surface area (Å²) in [6.07, 6.45) is -5.18. The second-order valence-electron chi connectivity index (χ2n) is 8.82. The normalized spacial score (nSPS) is 50.1. The first kappa shape index (κ1) is 21.0. The number of rotatable bonds is 3. The molecule has 8 nitrogen and oxygen atoms in total. The molecule has 162 valence electrons. The molecule has 2 aliphatic heterocycles. The van der Waals surface area contributed by atoms with Crippen molar-refractivity contribution in [3.63, 3.8) is 0 Å². The molecule has 2 heterocycles. The summed E-state index contributed by atoms with van der Waals surface area (Å²) in [6.45, 7) is 9.84. The molecular formula is C21H30O8. The van der Waals surface area contributed by atoms with Crippen molar-refractivity contribution in [1.82, 2.24) is 0 Å². The lowest BCUT2D eigenvalue weighted by molar-refractivity contribution is -0.308. The molecule has 4 N–H and O–H groups in total. The molecule has 2 saturated carbocycles. The van der Waals surface area contributed by atoms with Crippen LogP contribution >= 0.6 is 0 Å². The van der Waals surface area contributed by atoms with Gasteiger partial charge in [0.05, 0.1) is 18.6 Å². The number of fused-ring (bicyclic) bond motifs is 3. The maximum atomic E-state index is 12.2. The Morgan fingerprint density at radius 1 is 1.17 bits per heavy atom. The van der Waals surface area contributed by atoms with Crippen LogP contribution in [0.15, 0.2) is 24.3 Å². The van der Waals surface area contributed by atoms with E-state index in [0.29, 0.717) is 6.42 Å². The summed E-state index contributed by atoms with van der Waals surface area (Å²) in [7, 11) is 0. The van der Waals surface area contributed by atoms with Gasteiger partial charge in [-0.25, -0.2) is 0 Å². The van der Waals surface area contributed by atoms with E-state index in [1.807, 2.05) is 6.92 Å². The number of ether oxygens (including phenoxy) is 3. The largest absolute Gasteiger partial charge is 0.461 e. The highest BCUT2D eigenvalue weighted by Crippen LogP contribution is 2.53. The van der Waals surface area contributed by atoms with Crippen LogP contribution < -0.4 is 0 Å². The van der Waals surface area contributed by atoms with E-state index < -0.39 is 43.4 Å². The second-order valence-corrected chi connectivity index (χ2v) is 8.82. The van der Waals surface area contributed by atoms with E-state index in [2.05, 4.69) is 13.2 Å². The molecule has 0 aromatic carbocycles. The predicted molar refractivity (Wildman–Crippen MR) is 100 cm³/mol. The highest BCUT2D eigenvalue weighted by Gasteiger charge is 2.55. The summed E-state index contributed by atoms with van der Waals surface area (Å²) in [5.41, 5.74) is 1.83. The maximum Gasteiger partial charge on any atom is 0.309 e. The quantitative estimate of drug-likeness (QED) is 0.375. The molecule has 0 radical (unpaired) electrons. The molecule has 0 spiro atoms. The van der Waals surface area contributed by atoms with Crippen molar-refractivity contribution in [3.8, 4) is 0 Å². The molecule has 0 aromatic rings. The molecule has 0 unspecified atom stereocenters. The third-order valence-corrected chi connectivity index (χ3v) is 7.26. The van der Waals surface area contributed by atoms with Gasteiger partial charge in [-0.15, -0.1) is 0 Å². The second kappa shape index (κ2) is 7.76. The van der Waals surface area contributed by atoms with E-state index in [9.17, 15) is 25.2 Å². The Morgan fingerprint density at radius 2 is 1.90 bits per heavy atom. The van der Waals surface area contributed by atoms with Gasteiger partial charge in [0.1, 0.15) is 30.5 Å². The fourth-order valence-electron chi connectivity index (χ4n) is 5.43. The highest BCUT2D eigenvalue weighted by atomic mass is 16.7. The topological polar surface area (TPSA) is 126 Å². The van der Waals surface area contributed by atoms with E-state index in [0.717, 1.165) is 24.0 Å². The molecule has 11 atom stereocenters. The monoisotopic (exact) mass is 410 g/mol. The molecule has 0 aromatic heterocycles. The molecular weight excluding hydrogens is 380 g/mol. The molecule has 2 aliphatic carbocycles. The fourth-order valence-corrected chi connectivity index (χ4v) is 5.43. The average Bonchev–Trinajstić information content (AvgIpc) is 3.11. The molecule has 4 fully saturated rings. The number of hydrogen-bond acceptors (Lipinski definition) is 8. The number of carbonyl (C=O) groups is 1. The Kier molecular flexibility index (Phi) is 5.61. The van der Waals surface area contributed by atoms with Gasteiger partial charge in [0, 0.05) is 11.8 Å². The Labute approximate surface area is 169 Å². The smallest absolute Gasteiger partial charge is 0.309 e. The van der Waals surface area contributed by atoms with Crippen LogP contribution in [-0.4, -0.2) is 75.9 Å². The zero-order valence-electron chi connectivity index (χ0n) is 16.5. The molecule has 2 saturated heterocycles. The first-order valence-electron chi connectivity index (χ1n) is 10.3. The van der Waals surface area contributed by atoms with Crippen LogP contribution in [0.25, 0.3) is 0 Å². The van der Waals surface area contributed by atoms with Crippen molar-refractivity contribution in [2.45, 2.75) is 69.1 Å². The van der Waals surface area contributed by atoms with E-state index >= 15 is 0 Å². The van der Waals surface area contributed by atoms with E-state index in [-0.39, 0.29) is 35.7 Å². The van der Waals surface area contributed by atoms with Gasteiger partial charge in [-0.3, -0.25) is 4.79 Å². The minimum atomic E-state index is -1.50. The number of esters is 1. The van der Waals surface area contributed by atoms with Crippen LogP contribution in [0.5, 0.6) is 0 Å². The number of aliphatic hydroxyl groups is 4. The third-order valence-electron chi connectivity index (χ3n) is 7.26. The van der Waals surface area contributed by atoms with E-state index in [1.165, 1.54) is 0 Å². The van der Waals surface area contributed by atoms with Crippen LogP contribution in [0.2, 0.25) is 0 Å². The molecule has 29 heavy (non-hydrogen) atoms. The van der Waals surface area contributed by atoms with Gasteiger partial charge in [0.15, 0.2) is 6.29 Å². The van der Waals surface area contributed by atoms with Crippen LogP contribution in [0.3, 0.4) is 0 Å². The Hall–Kier alpha value is -1.29. The summed E-state index contributed by atoms with van der Waals surface area (Å²) >= 11 is 0. The van der Waals surface area contributed by atoms with Gasteiger partial charge in [0.2, 0.25) is 0 Å². The summed E-state index contributed by atoms with van der Waals surface area (Å²) < 4.78 is 17.2. The van der Waals surface area contributed by atoms with Gasteiger partial charge >= 0.3 is 5.97 Å². The Balaban J connectivity index is 1.53. The molecule has 8 heteroatoms. The highest BCUT2D eigenvalue weighted by molar-refractivity contribution is 5.75. The van der Waals surface area contributed by atoms with Crippen molar-refractivity contribution in [2.75, 3.05) is 6.61 Å². The fraction of sp³-hybridized carbons (Fsp3) is 0.762. The van der Waals surface area contributed by atoms with Crippen LogP contribution in [-0.2, 0) is 19.0 Å². The van der Waals surface area contributed by atoms with Crippen LogP contribution in [0.4, 0.5) is 0 Å². The van der Waals surface area contributed by atoms with E-state index in [1.54, 1.807) is 0 Å². The maximum absolute atomic E-state index is 12.2. The van der Waals surface area contributed by atoms with Crippen molar-refractivity contribution < 1.29 is 39.4 Å². The molecule has 4 aliphatic rings. The lowest BCUT2D eigenvalue weighted by Gasteiger charge is -2.40. The van der Waals surface area contributed by atoms with Crippen molar-refractivity contribution in [1.29, 1.82) is 0 Å². The van der Waals surface area contributed by atoms with Gasteiger partial charge in [0.25, 0.3) is 0 Å². The SMILES string of the molecule is C=C1[C@@H]2[C@H]3OC(=O)[C@@H](C)[C@@H]3CCC(=C)[C@@H]2C[C@@H]1O[C@@H]1O[C@H](CO)[C@@H](O)[C@H](O)[C@H]1O. The van der Waals surface area contributed by atoms with Crippen molar-refractivity contribution in [2.24, 2.45) is 23.7 Å². The van der Waals surface area contributed by atoms with Gasteiger partial charge in [-0.2, -0.15) is 0 Å². The van der Waals surface area contributed by atoms with Crippen LogP contribution in [0, 0.1) is 23.7 Å². The first-order chi connectivity index (χ1) is 13.7. The first-order valence-corrected chi connectivity index (χ1v) is 10.3. The average molecular weight is 410 g/mol. The Morgan fingerprint density at radius 3 is 2.59 bits per heavy atom. The zero-order valence-corrected chi connectivity index (χ0v) is 16.5. The van der Waals surface area contributed by atoms with Crippen molar-refractivity contribution >= 4 is 5.97 Å². The summed E-state index contributed by atoms with van der Waals surface area (Å²) in [5, 5.41) is 39.6. The molecule has 0 amide bonds. The van der Waals surface area contributed by atoms with Gasteiger partial charge in [-0.1, -0.05) is 25.7 Å². The molecule has 0 bridgehead atoms. The van der Waals surface area contributed by atoms with E-state index in [4.69, 9.17) is 14.2 Å². The van der Waals surface area contributed by atoms with Gasteiger partial charge < -0.3 is 34.6 Å². The minimum Gasteiger partial charge on any atom is -0.461 e. The summed E-state index contributed by atoms with van der Waals surface area (Å²) in [5.74, 6) is -0.302. The number of hydrogen-bond donors (Lipinski definition) is 4. The number of allylic oxidation sites excluding steroid dienone is 1. The minimum absolute atomic E-state index is 0.0467. The van der Waals surface area contributed by atoms with Crippen molar-refractivity contribution in [3.05, 3.63) is 24.3 Å². The zero-order chi connectivity index (χ0) is 21.0. The molecule has 4 rings (SSSR count). The summed E-state index contributed by atoms with van der Waals surface area (Å²) in [6, 6.07) is 0. The standard InChI is InChI=1S/C21H30O8/c1-8-4-5-11-9(2)20(26)29-19(11)15-10(3)13(6-12(8)15)27-21-18(25)17(24)16(23)14(7-22)28-21/h9,11-19,21-25H,1,3-7H2,2H3/t9-,11-,12-,13-,14+,15-,16+,17-,18+,19-,21+/m0/s1. The lowest BCUT2D eigenvalue weighted by atomic mass is 9.80. The van der Waals surface area contributed by atoms with Gasteiger partial charge in [-0.05, 0) is 30.8 Å². The Bertz CT molecular complexity index is 690. The number of aliphatic hydroxyl groups excluding tert-OH is 4. The third kappa shape index (κ3) is 3.36. The predicted octanol–water partition coefficient (Wildman–Crippen LogP) is -0.109. The summed E-state index contributed by atoms with van der Waals surface area (Å²) in [4.78, 5) is 12.2. The number of carbonyl (C=O) groups excluding carboxylic acids is 1. The lowest BCUT2D eigenvalue weighted by Crippen LogP contribution is -2.59. The van der Waals surface area contributed by atoms with Crippen LogP contribution in [0.1, 0.15) is 26.2 Å².